The molecule has 1 aromatic carbocycles. The van der Waals surface area contributed by atoms with Crippen molar-refractivity contribution < 1.29 is 13.0 Å². The Morgan fingerprint density at radius 1 is 1.31 bits per heavy atom. The van der Waals surface area contributed by atoms with Gasteiger partial charge in [-0.05, 0) is 24.5 Å². The molecule has 1 rings (SSSR count). The molecular formula is C9H12O3S. The maximum atomic E-state index is 10.5. The largest absolute Gasteiger partial charge is 0.286 e. The van der Waals surface area contributed by atoms with E-state index in [0.29, 0.717) is 6.42 Å². The zero-order valence-corrected chi connectivity index (χ0v) is 8.21. The first kappa shape index (κ1) is 10.2. The summed E-state index contributed by atoms with van der Waals surface area (Å²) in [5.41, 5.74) is 2.01. The fourth-order valence-corrected chi connectivity index (χ4v) is 1.61. The van der Waals surface area contributed by atoms with Crippen LogP contribution in [0.3, 0.4) is 0 Å². The highest BCUT2D eigenvalue weighted by atomic mass is 32.2. The van der Waals surface area contributed by atoms with Crippen molar-refractivity contribution in [2.24, 2.45) is 0 Å². The highest BCUT2D eigenvalue weighted by Crippen LogP contribution is 2.08. The van der Waals surface area contributed by atoms with Crippen LogP contribution in [0.25, 0.3) is 0 Å². The Hall–Kier alpha value is -0.870. The van der Waals surface area contributed by atoms with Gasteiger partial charge in [-0.1, -0.05) is 24.3 Å². The molecule has 0 fully saturated rings. The first-order valence-electron chi connectivity index (χ1n) is 3.99. The van der Waals surface area contributed by atoms with E-state index in [1.807, 2.05) is 31.2 Å². The van der Waals surface area contributed by atoms with Crippen LogP contribution < -0.4 is 0 Å². The Morgan fingerprint density at radius 2 is 1.92 bits per heavy atom. The van der Waals surface area contributed by atoms with Gasteiger partial charge in [0.1, 0.15) is 0 Å². The van der Waals surface area contributed by atoms with E-state index in [-0.39, 0.29) is 5.75 Å². The molecule has 3 nitrogen and oxygen atoms in total. The molecule has 0 saturated carbocycles. The second-order valence-corrected chi connectivity index (χ2v) is 4.53. The molecule has 0 radical (unpaired) electrons. The molecular weight excluding hydrogens is 188 g/mol. The molecule has 0 saturated heterocycles. The van der Waals surface area contributed by atoms with Crippen molar-refractivity contribution in [3.63, 3.8) is 0 Å². The summed E-state index contributed by atoms with van der Waals surface area (Å²) in [6.07, 6.45) is 0.367. The van der Waals surface area contributed by atoms with Crippen LogP contribution in [0.5, 0.6) is 0 Å². The van der Waals surface area contributed by atoms with Crippen LogP contribution in [-0.4, -0.2) is 18.7 Å². The maximum Gasteiger partial charge on any atom is 0.265 e. The molecule has 4 heteroatoms. The van der Waals surface area contributed by atoms with Gasteiger partial charge in [-0.2, -0.15) is 8.42 Å². The Morgan fingerprint density at radius 3 is 2.46 bits per heavy atom. The molecule has 0 amide bonds. The molecule has 0 aliphatic rings. The van der Waals surface area contributed by atoms with Crippen molar-refractivity contribution in [1.29, 1.82) is 0 Å². The lowest BCUT2D eigenvalue weighted by Gasteiger charge is -2.02. The minimum absolute atomic E-state index is 0.210. The number of aryl methyl sites for hydroxylation is 2. The van der Waals surface area contributed by atoms with Crippen molar-refractivity contribution in [2.45, 2.75) is 13.3 Å². The first-order chi connectivity index (χ1) is 5.99. The van der Waals surface area contributed by atoms with E-state index in [0.717, 1.165) is 11.1 Å². The Labute approximate surface area is 78.2 Å². The summed E-state index contributed by atoms with van der Waals surface area (Å²) in [6.45, 7) is 1.92. The Bertz CT molecular complexity index is 382. The van der Waals surface area contributed by atoms with Gasteiger partial charge < -0.3 is 0 Å². The third-order valence-corrected chi connectivity index (χ3v) is 2.61. The molecule has 0 unspecified atom stereocenters. The summed E-state index contributed by atoms with van der Waals surface area (Å²) in [4.78, 5) is 0. The van der Waals surface area contributed by atoms with E-state index >= 15 is 0 Å². The summed E-state index contributed by atoms with van der Waals surface area (Å²) >= 11 is 0. The predicted molar refractivity (Wildman–Crippen MR) is 51.3 cm³/mol. The molecule has 0 atom stereocenters. The van der Waals surface area contributed by atoms with Crippen molar-refractivity contribution in [3.05, 3.63) is 35.4 Å². The average Bonchev–Trinajstić information content (AvgIpc) is 2.01. The van der Waals surface area contributed by atoms with E-state index in [9.17, 15) is 8.42 Å². The van der Waals surface area contributed by atoms with Gasteiger partial charge in [-0.25, -0.2) is 0 Å². The van der Waals surface area contributed by atoms with Crippen molar-refractivity contribution in [2.75, 3.05) is 5.75 Å². The van der Waals surface area contributed by atoms with Crippen molar-refractivity contribution in [1.82, 2.24) is 0 Å². The van der Waals surface area contributed by atoms with Crippen LogP contribution in [0.15, 0.2) is 24.3 Å². The van der Waals surface area contributed by atoms with Crippen LogP contribution in [0, 0.1) is 6.92 Å². The molecule has 1 aromatic rings. The third kappa shape index (κ3) is 3.57. The average molecular weight is 200 g/mol. The lowest BCUT2D eigenvalue weighted by Crippen LogP contribution is -2.07. The molecule has 72 valence electrons. The lowest BCUT2D eigenvalue weighted by atomic mass is 10.1. The normalized spacial score (nSPS) is 11.5. The second-order valence-electron chi connectivity index (χ2n) is 2.96. The van der Waals surface area contributed by atoms with Gasteiger partial charge in [0.2, 0.25) is 0 Å². The quantitative estimate of drug-likeness (QED) is 0.751. The van der Waals surface area contributed by atoms with Gasteiger partial charge >= 0.3 is 0 Å². The van der Waals surface area contributed by atoms with Gasteiger partial charge in [0.05, 0.1) is 5.75 Å². The molecule has 0 bridgehead atoms. The van der Waals surface area contributed by atoms with E-state index in [1.54, 1.807) is 0 Å². The summed E-state index contributed by atoms with van der Waals surface area (Å²) in [5.74, 6) is -0.210. The molecule has 0 aromatic heterocycles. The van der Waals surface area contributed by atoms with Gasteiger partial charge in [0, 0.05) is 0 Å². The summed E-state index contributed by atoms with van der Waals surface area (Å²) in [7, 11) is -3.84. The molecule has 0 spiro atoms. The van der Waals surface area contributed by atoms with Gasteiger partial charge in [0.15, 0.2) is 0 Å². The van der Waals surface area contributed by atoms with E-state index in [2.05, 4.69) is 0 Å². The lowest BCUT2D eigenvalue weighted by molar-refractivity contribution is 0.482. The van der Waals surface area contributed by atoms with E-state index in [1.165, 1.54) is 0 Å². The number of rotatable bonds is 3. The molecule has 0 heterocycles. The molecule has 1 N–H and O–H groups in total. The fraction of sp³-hybridized carbons (Fsp3) is 0.333. The topological polar surface area (TPSA) is 54.4 Å². The smallest absolute Gasteiger partial charge is 0.265 e. The van der Waals surface area contributed by atoms with Crippen LogP contribution in [0.1, 0.15) is 11.1 Å². The molecule has 0 aliphatic carbocycles. The monoisotopic (exact) mass is 200 g/mol. The zero-order valence-electron chi connectivity index (χ0n) is 7.40. The fourth-order valence-electron chi connectivity index (χ4n) is 1.13. The standard InChI is InChI=1S/C9H12O3S/c1-8-4-2-3-5-9(8)6-7-13(10,11)12/h2-5H,6-7H2,1H3,(H,10,11,12). The Kier molecular flexibility index (Phi) is 3.06. The van der Waals surface area contributed by atoms with Crippen LogP contribution in [0.4, 0.5) is 0 Å². The van der Waals surface area contributed by atoms with Crippen molar-refractivity contribution >= 4 is 10.1 Å². The SMILES string of the molecule is Cc1ccccc1CCS(=O)(=O)O. The van der Waals surface area contributed by atoms with Crippen LogP contribution in [-0.2, 0) is 16.5 Å². The van der Waals surface area contributed by atoms with Gasteiger partial charge in [0.25, 0.3) is 10.1 Å². The minimum Gasteiger partial charge on any atom is -0.286 e. The number of benzene rings is 1. The summed E-state index contributed by atoms with van der Waals surface area (Å²) < 4.78 is 29.5. The van der Waals surface area contributed by atoms with E-state index < -0.39 is 10.1 Å². The Balaban J connectivity index is 2.71. The van der Waals surface area contributed by atoms with Crippen LogP contribution >= 0.6 is 0 Å². The highest BCUT2D eigenvalue weighted by molar-refractivity contribution is 7.85. The number of hydrogen-bond acceptors (Lipinski definition) is 2. The summed E-state index contributed by atoms with van der Waals surface area (Å²) in [5, 5.41) is 0. The third-order valence-electron chi connectivity index (χ3n) is 1.89. The highest BCUT2D eigenvalue weighted by Gasteiger charge is 2.05. The zero-order chi connectivity index (χ0) is 9.90. The molecule has 13 heavy (non-hydrogen) atoms. The van der Waals surface area contributed by atoms with Crippen LogP contribution in [0.2, 0.25) is 0 Å². The van der Waals surface area contributed by atoms with Gasteiger partial charge in [-0.15, -0.1) is 0 Å². The second kappa shape index (κ2) is 3.89. The van der Waals surface area contributed by atoms with E-state index in [4.69, 9.17) is 4.55 Å². The van der Waals surface area contributed by atoms with Gasteiger partial charge in [-0.3, -0.25) is 4.55 Å². The first-order valence-corrected chi connectivity index (χ1v) is 5.59. The summed E-state index contributed by atoms with van der Waals surface area (Å²) in [6, 6.07) is 7.53. The van der Waals surface area contributed by atoms with Crippen molar-refractivity contribution in [3.8, 4) is 0 Å². The minimum atomic E-state index is -3.84. The predicted octanol–water partition coefficient (Wildman–Crippen LogP) is 1.43. The maximum absolute atomic E-state index is 10.5. The number of hydrogen-bond donors (Lipinski definition) is 1. The molecule has 0 aliphatic heterocycles.